The number of carbonyl (C=O) groups excluding carboxylic acids is 3. The van der Waals surface area contributed by atoms with E-state index >= 15 is 0 Å². The Hall–Kier alpha value is -3.23. The monoisotopic (exact) mass is 371 g/mol. The lowest BCUT2D eigenvalue weighted by atomic mass is 9.79. The van der Waals surface area contributed by atoms with Gasteiger partial charge in [-0.1, -0.05) is 0 Å². The first-order valence-electron chi connectivity index (χ1n) is 8.71. The largest absolute Gasteiger partial charge is 0.348 e. The van der Waals surface area contributed by atoms with Crippen molar-refractivity contribution in [1.82, 2.24) is 26.1 Å². The minimum atomic E-state index is -0.845. The maximum absolute atomic E-state index is 13.0. The molecular formula is C18H18FN5O3. The first-order chi connectivity index (χ1) is 12.9. The lowest BCUT2D eigenvalue weighted by Crippen LogP contribution is -2.52. The van der Waals surface area contributed by atoms with E-state index in [9.17, 15) is 18.8 Å². The number of benzene rings is 1. The zero-order valence-corrected chi connectivity index (χ0v) is 14.3. The van der Waals surface area contributed by atoms with Gasteiger partial charge in [-0.25, -0.2) is 9.18 Å². The second-order valence-electron chi connectivity index (χ2n) is 6.91. The number of urea groups is 1. The summed E-state index contributed by atoms with van der Waals surface area (Å²) in [5.41, 5.74) is 0.714. The van der Waals surface area contributed by atoms with E-state index < -0.39 is 11.6 Å². The molecule has 4 amide bonds. The average molecular weight is 371 g/mol. The normalized spacial score (nSPS) is 24.6. The van der Waals surface area contributed by atoms with Crippen molar-refractivity contribution in [3.63, 3.8) is 0 Å². The smallest absolute Gasteiger partial charge is 0.322 e. The second-order valence-corrected chi connectivity index (χ2v) is 6.91. The number of hydrogen-bond acceptors (Lipinski definition) is 4. The van der Waals surface area contributed by atoms with Crippen LogP contribution in [0, 0.1) is 5.82 Å². The zero-order chi connectivity index (χ0) is 19.0. The van der Waals surface area contributed by atoms with Crippen LogP contribution in [0.2, 0.25) is 0 Å². The number of aromatic amines is 1. The van der Waals surface area contributed by atoms with Crippen molar-refractivity contribution in [1.29, 1.82) is 0 Å². The highest BCUT2D eigenvalue weighted by atomic mass is 19.1. The van der Waals surface area contributed by atoms with Gasteiger partial charge in [0.15, 0.2) is 0 Å². The quantitative estimate of drug-likeness (QED) is 0.611. The topological polar surface area (TPSA) is 116 Å². The molecule has 9 heteroatoms. The predicted molar refractivity (Wildman–Crippen MR) is 93.1 cm³/mol. The number of halogens is 1. The van der Waals surface area contributed by atoms with Gasteiger partial charge < -0.3 is 10.6 Å². The van der Waals surface area contributed by atoms with Crippen LogP contribution < -0.4 is 16.0 Å². The number of amides is 4. The molecule has 0 unspecified atom stereocenters. The third-order valence-electron chi connectivity index (χ3n) is 5.15. The molecule has 1 spiro atoms. The van der Waals surface area contributed by atoms with Gasteiger partial charge in [0.25, 0.3) is 11.8 Å². The van der Waals surface area contributed by atoms with Crippen molar-refractivity contribution in [2.75, 3.05) is 0 Å². The molecule has 2 heterocycles. The molecule has 2 aromatic rings. The highest BCUT2D eigenvalue weighted by Crippen LogP contribution is 2.31. The summed E-state index contributed by atoms with van der Waals surface area (Å²) in [5.74, 6) is -0.930. The van der Waals surface area contributed by atoms with Gasteiger partial charge in [-0.3, -0.25) is 20.0 Å². The SMILES string of the molecule is O=C1NC(=O)C2(CCC(NC(=O)c3cc(-c4ccc(F)cc4)n[nH]3)CC2)N1. The first-order valence-corrected chi connectivity index (χ1v) is 8.71. The van der Waals surface area contributed by atoms with Gasteiger partial charge in [-0.05, 0) is 56.0 Å². The van der Waals surface area contributed by atoms with Gasteiger partial charge in [-0.2, -0.15) is 5.10 Å². The minimum absolute atomic E-state index is 0.0917. The number of carbonyl (C=O) groups is 3. The van der Waals surface area contributed by atoms with E-state index in [1.807, 2.05) is 0 Å². The summed E-state index contributed by atoms with van der Waals surface area (Å²) in [5, 5.41) is 14.7. The molecule has 140 valence electrons. The van der Waals surface area contributed by atoms with Gasteiger partial charge >= 0.3 is 6.03 Å². The lowest BCUT2D eigenvalue weighted by molar-refractivity contribution is -0.125. The van der Waals surface area contributed by atoms with E-state index in [1.165, 1.54) is 12.1 Å². The molecule has 1 aliphatic carbocycles. The number of nitrogens with zero attached hydrogens (tertiary/aromatic N) is 1. The third kappa shape index (κ3) is 3.27. The summed E-state index contributed by atoms with van der Waals surface area (Å²) in [4.78, 5) is 35.8. The summed E-state index contributed by atoms with van der Waals surface area (Å²) < 4.78 is 13.0. The van der Waals surface area contributed by atoms with Gasteiger partial charge in [0.2, 0.25) is 0 Å². The van der Waals surface area contributed by atoms with Gasteiger partial charge in [0.05, 0.1) is 5.69 Å². The standard InChI is InChI=1S/C18H18FN5O3/c19-11-3-1-10(2-4-11)13-9-14(24-23-13)15(25)20-12-5-7-18(8-6-12)16(26)21-17(27)22-18/h1-4,9,12H,5-8H2,(H,20,25)(H,23,24)(H2,21,22,26,27). The lowest BCUT2D eigenvalue weighted by Gasteiger charge is -2.34. The maximum atomic E-state index is 13.0. The molecule has 1 saturated heterocycles. The Morgan fingerprint density at radius 1 is 1.19 bits per heavy atom. The molecule has 0 atom stereocenters. The van der Waals surface area contributed by atoms with Gasteiger partial charge in [-0.15, -0.1) is 0 Å². The summed E-state index contributed by atoms with van der Waals surface area (Å²) in [7, 11) is 0. The highest BCUT2D eigenvalue weighted by Gasteiger charge is 2.48. The summed E-state index contributed by atoms with van der Waals surface area (Å²) in [6.45, 7) is 0. The van der Waals surface area contributed by atoms with Crippen LogP contribution in [0.5, 0.6) is 0 Å². The molecule has 1 saturated carbocycles. The average Bonchev–Trinajstić information content (AvgIpc) is 3.23. The molecule has 2 fully saturated rings. The molecule has 4 N–H and O–H groups in total. The van der Waals surface area contributed by atoms with Gasteiger partial charge in [0.1, 0.15) is 17.1 Å². The van der Waals surface area contributed by atoms with E-state index in [0.29, 0.717) is 42.6 Å². The van der Waals surface area contributed by atoms with Gasteiger partial charge in [0, 0.05) is 11.6 Å². The van der Waals surface area contributed by atoms with E-state index in [1.54, 1.807) is 18.2 Å². The number of aromatic nitrogens is 2. The third-order valence-corrected chi connectivity index (χ3v) is 5.15. The van der Waals surface area contributed by atoms with Crippen molar-refractivity contribution in [3.05, 3.63) is 41.8 Å². The van der Waals surface area contributed by atoms with Crippen molar-refractivity contribution in [2.24, 2.45) is 0 Å². The molecule has 27 heavy (non-hydrogen) atoms. The summed E-state index contributed by atoms with van der Waals surface area (Å²) >= 11 is 0. The fourth-order valence-electron chi connectivity index (χ4n) is 3.60. The summed E-state index contributed by atoms with van der Waals surface area (Å²) in [6, 6.07) is 6.90. The molecule has 1 aliphatic heterocycles. The number of H-pyrrole nitrogens is 1. The molecule has 1 aromatic heterocycles. The van der Waals surface area contributed by atoms with Crippen LogP contribution in [0.15, 0.2) is 30.3 Å². The number of imide groups is 1. The molecular weight excluding hydrogens is 353 g/mol. The minimum Gasteiger partial charge on any atom is -0.348 e. The molecule has 8 nitrogen and oxygen atoms in total. The Kier molecular flexibility index (Phi) is 4.14. The maximum Gasteiger partial charge on any atom is 0.322 e. The van der Waals surface area contributed by atoms with Crippen LogP contribution in [0.3, 0.4) is 0 Å². The van der Waals surface area contributed by atoms with Crippen molar-refractivity contribution in [3.8, 4) is 11.3 Å². The Labute approximate surface area is 153 Å². The number of nitrogens with one attached hydrogen (secondary N) is 4. The Morgan fingerprint density at radius 3 is 2.52 bits per heavy atom. The predicted octanol–water partition coefficient (Wildman–Crippen LogP) is 1.47. The highest BCUT2D eigenvalue weighted by molar-refractivity contribution is 6.07. The van der Waals surface area contributed by atoms with E-state index in [0.717, 1.165) is 0 Å². The van der Waals surface area contributed by atoms with Crippen LogP contribution in [-0.2, 0) is 4.79 Å². The second kappa shape index (κ2) is 6.49. The summed E-state index contributed by atoms with van der Waals surface area (Å²) in [6.07, 6.45) is 2.11. The van der Waals surface area contributed by atoms with Crippen LogP contribution >= 0.6 is 0 Å². The number of rotatable bonds is 3. The molecule has 2 aliphatic rings. The van der Waals surface area contributed by atoms with E-state index in [4.69, 9.17) is 0 Å². The fourth-order valence-corrected chi connectivity index (χ4v) is 3.60. The van der Waals surface area contributed by atoms with Crippen LogP contribution in [0.1, 0.15) is 36.2 Å². The van der Waals surface area contributed by atoms with Crippen molar-refractivity contribution >= 4 is 17.8 Å². The number of hydrogen-bond donors (Lipinski definition) is 4. The molecule has 1 aromatic carbocycles. The van der Waals surface area contributed by atoms with Crippen LogP contribution in [-0.4, -0.2) is 39.6 Å². The zero-order valence-electron chi connectivity index (χ0n) is 14.3. The Bertz CT molecular complexity index is 900. The molecule has 0 radical (unpaired) electrons. The van der Waals surface area contributed by atoms with Crippen molar-refractivity contribution < 1.29 is 18.8 Å². The first kappa shape index (κ1) is 17.2. The van der Waals surface area contributed by atoms with Crippen molar-refractivity contribution in [2.45, 2.75) is 37.3 Å². The Balaban J connectivity index is 1.37. The fraction of sp³-hybridized carbons (Fsp3) is 0.333. The van der Waals surface area contributed by atoms with Crippen LogP contribution in [0.25, 0.3) is 11.3 Å². The molecule has 4 rings (SSSR count). The molecule has 0 bridgehead atoms. The van der Waals surface area contributed by atoms with E-state index in [-0.39, 0.29) is 23.7 Å². The Morgan fingerprint density at radius 2 is 1.89 bits per heavy atom. The van der Waals surface area contributed by atoms with Crippen LogP contribution in [0.4, 0.5) is 9.18 Å². The van der Waals surface area contributed by atoms with E-state index in [2.05, 4.69) is 26.1 Å².